The third kappa shape index (κ3) is 3.84. The maximum Gasteiger partial charge on any atom is 0.306 e. The number of nitro groups is 1. The standard InChI is InChI=1S/C14H12ClFN2O4S/c1-17(9-10-2-4-11(15)5-3-10)23(21,22)12-6-7-13(16)14(8-12)18(19)20/h2-8H,9H2,1H3. The van der Waals surface area contributed by atoms with Crippen LogP contribution >= 0.6 is 11.6 Å². The van der Waals surface area contributed by atoms with Gasteiger partial charge < -0.3 is 0 Å². The maximum absolute atomic E-state index is 13.3. The van der Waals surface area contributed by atoms with Crippen molar-refractivity contribution in [2.24, 2.45) is 0 Å². The molecule has 23 heavy (non-hydrogen) atoms. The SMILES string of the molecule is CN(Cc1ccc(Cl)cc1)S(=O)(=O)c1ccc(F)c([N+](=O)[O-])c1. The summed E-state index contributed by atoms with van der Waals surface area (Å²) in [7, 11) is -2.66. The van der Waals surface area contributed by atoms with Crippen molar-refractivity contribution >= 4 is 27.3 Å². The minimum atomic E-state index is -3.99. The number of rotatable bonds is 5. The Balaban J connectivity index is 2.32. The van der Waals surface area contributed by atoms with E-state index in [-0.39, 0.29) is 11.4 Å². The van der Waals surface area contributed by atoms with E-state index >= 15 is 0 Å². The third-order valence-corrected chi connectivity index (χ3v) is 5.19. The molecule has 0 unspecified atom stereocenters. The highest BCUT2D eigenvalue weighted by Crippen LogP contribution is 2.24. The van der Waals surface area contributed by atoms with Gasteiger partial charge in [0.25, 0.3) is 0 Å². The summed E-state index contributed by atoms with van der Waals surface area (Å²) in [5.41, 5.74) is -0.192. The van der Waals surface area contributed by atoms with Gasteiger partial charge >= 0.3 is 5.69 Å². The zero-order chi connectivity index (χ0) is 17.2. The molecule has 2 aromatic carbocycles. The molecule has 6 nitrogen and oxygen atoms in total. The van der Waals surface area contributed by atoms with Gasteiger partial charge in [-0.25, -0.2) is 8.42 Å². The van der Waals surface area contributed by atoms with Gasteiger partial charge in [-0.2, -0.15) is 8.70 Å². The fourth-order valence-corrected chi connectivity index (χ4v) is 3.21. The number of halogens is 2. The first-order valence-electron chi connectivity index (χ1n) is 6.36. The molecule has 0 aliphatic rings. The summed E-state index contributed by atoms with van der Waals surface area (Å²) in [6, 6.07) is 9.06. The fraction of sp³-hybridized carbons (Fsp3) is 0.143. The van der Waals surface area contributed by atoms with Crippen LogP contribution in [0.5, 0.6) is 0 Å². The van der Waals surface area contributed by atoms with Crippen molar-refractivity contribution < 1.29 is 17.7 Å². The Morgan fingerprint density at radius 3 is 2.39 bits per heavy atom. The van der Waals surface area contributed by atoms with Crippen LogP contribution in [0.4, 0.5) is 10.1 Å². The van der Waals surface area contributed by atoms with Gasteiger partial charge in [-0.1, -0.05) is 23.7 Å². The average molecular weight is 359 g/mol. The predicted octanol–water partition coefficient (Wildman–Crippen LogP) is 3.21. The van der Waals surface area contributed by atoms with Crippen LogP contribution in [0, 0.1) is 15.9 Å². The van der Waals surface area contributed by atoms with Crippen LogP contribution < -0.4 is 0 Å². The molecule has 0 saturated heterocycles. The van der Waals surface area contributed by atoms with Crippen molar-refractivity contribution in [1.29, 1.82) is 0 Å². The lowest BCUT2D eigenvalue weighted by Crippen LogP contribution is -2.26. The molecule has 0 atom stereocenters. The summed E-state index contributed by atoms with van der Waals surface area (Å²) >= 11 is 5.76. The molecular weight excluding hydrogens is 347 g/mol. The largest absolute Gasteiger partial charge is 0.306 e. The minimum Gasteiger partial charge on any atom is -0.258 e. The first-order chi connectivity index (χ1) is 10.7. The van der Waals surface area contributed by atoms with Crippen molar-refractivity contribution in [3.8, 4) is 0 Å². The number of hydrogen-bond acceptors (Lipinski definition) is 4. The lowest BCUT2D eigenvalue weighted by molar-refractivity contribution is -0.387. The van der Waals surface area contributed by atoms with Gasteiger partial charge in [-0.3, -0.25) is 10.1 Å². The number of benzene rings is 2. The Bertz CT molecular complexity index is 840. The second kappa shape index (κ2) is 6.61. The molecule has 0 amide bonds. The summed E-state index contributed by atoms with van der Waals surface area (Å²) in [6.07, 6.45) is 0. The van der Waals surface area contributed by atoms with Gasteiger partial charge in [-0.15, -0.1) is 0 Å². The van der Waals surface area contributed by atoms with E-state index in [1.165, 1.54) is 7.05 Å². The molecular formula is C14H12ClFN2O4S. The molecule has 0 bridgehead atoms. The average Bonchev–Trinajstić information content (AvgIpc) is 2.49. The predicted molar refractivity (Wildman–Crippen MR) is 83.2 cm³/mol. The van der Waals surface area contributed by atoms with E-state index in [1.54, 1.807) is 24.3 Å². The van der Waals surface area contributed by atoms with E-state index in [9.17, 15) is 22.9 Å². The van der Waals surface area contributed by atoms with Crippen molar-refractivity contribution in [3.05, 3.63) is 69.0 Å². The smallest absolute Gasteiger partial charge is 0.258 e. The molecule has 2 rings (SSSR count). The first kappa shape index (κ1) is 17.3. The molecule has 0 aromatic heterocycles. The maximum atomic E-state index is 13.3. The van der Waals surface area contributed by atoms with Gasteiger partial charge in [0.1, 0.15) is 0 Å². The van der Waals surface area contributed by atoms with Crippen LogP contribution in [0.25, 0.3) is 0 Å². The second-order valence-electron chi connectivity index (χ2n) is 4.76. The highest BCUT2D eigenvalue weighted by atomic mass is 35.5. The van der Waals surface area contributed by atoms with Crippen LogP contribution in [0.15, 0.2) is 47.4 Å². The molecule has 2 aromatic rings. The Morgan fingerprint density at radius 1 is 1.22 bits per heavy atom. The number of nitrogens with zero attached hydrogens (tertiary/aromatic N) is 2. The van der Waals surface area contributed by atoms with Crippen LogP contribution in [-0.4, -0.2) is 24.7 Å². The van der Waals surface area contributed by atoms with Crippen molar-refractivity contribution in [2.45, 2.75) is 11.4 Å². The van der Waals surface area contributed by atoms with E-state index < -0.39 is 26.5 Å². The van der Waals surface area contributed by atoms with Gasteiger partial charge in [0.05, 0.1) is 9.82 Å². The van der Waals surface area contributed by atoms with Gasteiger partial charge in [-0.05, 0) is 29.8 Å². The van der Waals surface area contributed by atoms with Crippen molar-refractivity contribution in [1.82, 2.24) is 4.31 Å². The summed E-state index contributed by atoms with van der Waals surface area (Å²) in [4.78, 5) is 9.43. The van der Waals surface area contributed by atoms with Crippen LogP contribution in [0.3, 0.4) is 0 Å². The van der Waals surface area contributed by atoms with E-state index in [0.717, 1.165) is 16.4 Å². The second-order valence-corrected chi connectivity index (χ2v) is 7.24. The van der Waals surface area contributed by atoms with Crippen LogP contribution in [-0.2, 0) is 16.6 Å². The van der Waals surface area contributed by atoms with E-state index in [0.29, 0.717) is 16.7 Å². The van der Waals surface area contributed by atoms with E-state index in [1.807, 2.05) is 0 Å². The van der Waals surface area contributed by atoms with E-state index in [4.69, 9.17) is 11.6 Å². The summed E-state index contributed by atoms with van der Waals surface area (Å²) in [5, 5.41) is 11.3. The normalized spacial score (nSPS) is 11.7. The highest BCUT2D eigenvalue weighted by molar-refractivity contribution is 7.89. The Kier molecular flexibility index (Phi) is 4.98. The molecule has 0 heterocycles. The molecule has 122 valence electrons. The molecule has 0 fully saturated rings. The molecule has 0 aliphatic carbocycles. The summed E-state index contributed by atoms with van der Waals surface area (Å²) in [6.45, 7) is 0.0463. The van der Waals surface area contributed by atoms with Crippen molar-refractivity contribution in [2.75, 3.05) is 7.05 Å². The zero-order valence-electron chi connectivity index (χ0n) is 11.9. The molecule has 9 heteroatoms. The van der Waals surface area contributed by atoms with Crippen molar-refractivity contribution in [3.63, 3.8) is 0 Å². The summed E-state index contributed by atoms with van der Waals surface area (Å²) in [5.74, 6) is -1.09. The molecule has 0 saturated carbocycles. The number of hydrogen-bond donors (Lipinski definition) is 0. The molecule has 0 radical (unpaired) electrons. The van der Waals surface area contributed by atoms with E-state index in [2.05, 4.69) is 0 Å². The fourth-order valence-electron chi connectivity index (χ4n) is 1.90. The first-order valence-corrected chi connectivity index (χ1v) is 8.18. The van der Waals surface area contributed by atoms with Gasteiger partial charge in [0, 0.05) is 24.7 Å². The summed E-state index contributed by atoms with van der Waals surface area (Å²) < 4.78 is 39.2. The molecule has 0 aliphatic heterocycles. The highest BCUT2D eigenvalue weighted by Gasteiger charge is 2.25. The number of sulfonamides is 1. The molecule has 0 N–H and O–H groups in total. The quantitative estimate of drug-likeness (QED) is 0.607. The van der Waals surface area contributed by atoms with Gasteiger partial charge in [0.15, 0.2) is 0 Å². The Labute approximate surface area is 137 Å². The third-order valence-electron chi connectivity index (χ3n) is 3.14. The molecule has 0 spiro atoms. The van der Waals surface area contributed by atoms with Crippen LogP contribution in [0.2, 0.25) is 5.02 Å². The lowest BCUT2D eigenvalue weighted by Gasteiger charge is -2.17. The zero-order valence-corrected chi connectivity index (χ0v) is 13.5. The number of nitro benzene ring substituents is 1. The topological polar surface area (TPSA) is 80.5 Å². The lowest BCUT2D eigenvalue weighted by atomic mass is 10.2. The Hall–Kier alpha value is -2.03. The Morgan fingerprint density at radius 2 is 1.83 bits per heavy atom. The van der Waals surface area contributed by atoms with Gasteiger partial charge in [0.2, 0.25) is 15.8 Å². The van der Waals surface area contributed by atoms with Crippen LogP contribution in [0.1, 0.15) is 5.56 Å². The minimum absolute atomic E-state index is 0.0463. The monoisotopic (exact) mass is 358 g/mol.